The van der Waals surface area contributed by atoms with Gasteiger partial charge in [0.25, 0.3) is 5.69 Å². The van der Waals surface area contributed by atoms with E-state index in [4.69, 9.17) is 11.6 Å². The lowest BCUT2D eigenvalue weighted by atomic mass is 9.77. The number of nitro groups is 1. The second-order valence-electron chi connectivity index (χ2n) is 6.14. The first-order valence-electron chi connectivity index (χ1n) is 7.71. The van der Waals surface area contributed by atoms with Crippen molar-refractivity contribution in [1.29, 1.82) is 0 Å². The smallest absolute Gasteiger partial charge is 0.269 e. The summed E-state index contributed by atoms with van der Waals surface area (Å²) in [6, 6.07) is 10.8. The molecule has 1 heterocycles. The van der Waals surface area contributed by atoms with Crippen molar-refractivity contribution in [3.8, 4) is 0 Å². The molecule has 1 aliphatic carbocycles. The summed E-state index contributed by atoms with van der Waals surface area (Å²) in [5.74, 6) is 0.588. The molecule has 0 saturated carbocycles. The highest BCUT2D eigenvalue weighted by Gasteiger charge is 2.39. The zero-order chi connectivity index (χ0) is 16.8. The van der Waals surface area contributed by atoms with Crippen LogP contribution in [0.3, 0.4) is 0 Å². The van der Waals surface area contributed by atoms with E-state index in [1.165, 1.54) is 11.6 Å². The number of rotatable bonds is 2. The van der Waals surface area contributed by atoms with Gasteiger partial charge in [-0.25, -0.2) is 0 Å². The van der Waals surface area contributed by atoms with Gasteiger partial charge in [0.1, 0.15) is 0 Å². The predicted octanol–water partition coefficient (Wildman–Crippen LogP) is 5.84. The molecule has 0 fully saturated rings. The Bertz CT molecular complexity index is 868. The summed E-state index contributed by atoms with van der Waals surface area (Å²) in [6.07, 6.45) is 5.34. The van der Waals surface area contributed by atoms with Crippen molar-refractivity contribution < 1.29 is 4.92 Å². The van der Waals surface area contributed by atoms with E-state index in [1.54, 1.807) is 12.1 Å². The van der Waals surface area contributed by atoms with E-state index in [9.17, 15) is 10.1 Å². The van der Waals surface area contributed by atoms with Gasteiger partial charge in [0.05, 0.1) is 16.7 Å². The lowest BCUT2D eigenvalue weighted by molar-refractivity contribution is -0.384. The highest BCUT2D eigenvalue weighted by Crippen LogP contribution is 2.52. The maximum absolute atomic E-state index is 11.1. The average Bonchev–Trinajstić information content (AvgIpc) is 3.05. The van der Waals surface area contributed by atoms with Crippen LogP contribution in [0.5, 0.6) is 0 Å². The lowest BCUT2D eigenvalue weighted by Crippen LogP contribution is -2.29. The van der Waals surface area contributed by atoms with Gasteiger partial charge >= 0.3 is 0 Å². The topological polar surface area (TPSA) is 55.2 Å². The van der Waals surface area contributed by atoms with E-state index in [0.29, 0.717) is 16.9 Å². The highest BCUT2D eigenvalue weighted by atomic mass is 79.9. The molecule has 0 saturated heterocycles. The van der Waals surface area contributed by atoms with Crippen molar-refractivity contribution in [2.45, 2.75) is 18.4 Å². The minimum absolute atomic E-state index is 0.0661. The van der Waals surface area contributed by atoms with Crippen molar-refractivity contribution in [2.24, 2.45) is 5.92 Å². The van der Waals surface area contributed by atoms with Gasteiger partial charge < -0.3 is 5.32 Å². The molecule has 3 atom stereocenters. The molecule has 0 bridgehead atoms. The molecule has 2 aromatic carbocycles. The zero-order valence-corrected chi connectivity index (χ0v) is 14.9. The van der Waals surface area contributed by atoms with E-state index in [0.717, 1.165) is 22.1 Å². The third kappa shape index (κ3) is 2.43. The number of nitrogens with zero attached hydrogens (tertiary/aromatic N) is 1. The maximum Gasteiger partial charge on any atom is 0.269 e. The quantitative estimate of drug-likeness (QED) is 0.388. The van der Waals surface area contributed by atoms with E-state index in [2.05, 4.69) is 39.5 Å². The number of non-ortho nitro benzene ring substituents is 1. The van der Waals surface area contributed by atoms with E-state index >= 15 is 0 Å². The van der Waals surface area contributed by atoms with Gasteiger partial charge in [-0.05, 0) is 46.0 Å². The maximum atomic E-state index is 11.1. The first-order chi connectivity index (χ1) is 11.6. The summed E-state index contributed by atoms with van der Waals surface area (Å²) in [4.78, 5) is 10.8. The van der Waals surface area contributed by atoms with Crippen LogP contribution in [-0.4, -0.2) is 4.92 Å². The molecule has 2 aliphatic rings. The number of nitro benzene ring substituents is 1. The number of halogens is 2. The fourth-order valence-corrected chi connectivity index (χ4v) is 4.51. The fraction of sp³-hybridized carbons (Fsp3) is 0.222. The summed E-state index contributed by atoms with van der Waals surface area (Å²) >= 11 is 10.0. The SMILES string of the molecule is O=[N+]([O-])c1ccc(Cl)c([C@@H]2Nc3c(Br)cccc3[C@H]3C=CC[C@H]32)c1. The molecule has 1 N–H and O–H groups in total. The number of nitrogens with one attached hydrogen (secondary N) is 1. The Balaban J connectivity index is 1.84. The molecule has 0 radical (unpaired) electrons. The van der Waals surface area contributed by atoms with Crippen molar-refractivity contribution in [2.75, 3.05) is 5.32 Å². The summed E-state index contributed by atoms with van der Waals surface area (Å²) in [5.41, 5.74) is 3.14. The summed E-state index contributed by atoms with van der Waals surface area (Å²) in [5, 5.41) is 15.3. The molecule has 4 rings (SSSR count). The molecule has 0 unspecified atom stereocenters. The molecular weight excluding hydrogens is 392 g/mol. The van der Waals surface area contributed by atoms with Crippen LogP contribution in [-0.2, 0) is 0 Å². The second-order valence-corrected chi connectivity index (χ2v) is 7.40. The Labute approximate surface area is 152 Å². The Morgan fingerprint density at radius 2 is 2.08 bits per heavy atom. The monoisotopic (exact) mass is 404 g/mol. The Morgan fingerprint density at radius 3 is 2.88 bits per heavy atom. The minimum Gasteiger partial charge on any atom is -0.377 e. The zero-order valence-electron chi connectivity index (χ0n) is 12.6. The van der Waals surface area contributed by atoms with Crippen LogP contribution >= 0.6 is 27.5 Å². The van der Waals surface area contributed by atoms with Gasteiger partial charge in [-0.3, -0.25) is 10.1 Å². The fourth-order valence-electron chi connectivity index (χ4n) is 3.77. The number of hydrogen-bond acceptors (Lipinski definition) is 3. The van der Waals surface area contributed by atoms with Gasteiger partial charge in [-0.15, -0.1) is 0 Å². The van der Waals surface area contributed by atoms with Gasteiger partial charge in [0, 0.05) is 33.1 Å². The number of benzene rings is 2. The first-order valence-corrected chi connectivity index (χ1v) is 8.89. The van der Waals surface area contributed by atoms with Crippen LogP contribution in [0.4, 0.5) is 11.4 Å². The summed E-state index contributed by atoms with van der Waals surface area (Å²) < 4.78 is 0.991. The molecule has 4 nitrogen and oxygen atoms in total. The number of allylic oxidation sites excluding steroid dienone is 2. The molecular formula is C18H14BrClN2O2. The van der Waals surface area contributed by atoms with Gasteiger partial charge in [-0.2, -0.15) is 0 Å². The molecule has 122 valence electrons. The molecule has 6 heteroatoms. The van der Waals surface area contributed by atoms with Crippen molar-refractivity contribution >= 4 is 38.9 Å². The second kappa shape index (κ2) is 5.90. The Kier molecular flexibility index (Phi) is 3.85. The van der Waals surface area contributed by atoms with Crippen LogP contribution in [0.1, 0.15) is 29.5 Å². The number of para-hydroxylation sites is 1. The van der Waals surface area contributed by atoms with Crippen LogP contribution in [0.25, 0.3) is 0 Å². The number of fused-ring (bicyclic) bond motifs is 3. The number of anilines is 1. The normalized spacial score (nSPS) is 24.2. The van der Waals surface area contributed by atoms with Crippen LogP contribution in [0.2, 0.25) is 5.02 Å². The molecule has 2 aromatic rings. The van der Waals surface area contributed by atoms with Crippen LogP contribution < -0.4 is 5.32 Å². The number of hydrogen-bond donors (Lipinski definition) is 1. The van der Waals surface area contributed by atoms with Crippen LogP contribution in [0.15, 0.2) is 53.0 Å². The van der Waals surface area contributed by atoms with E-state index in [-0.39, 0.29) is 16.7 Å². The average molecular weight is 406 g/mol. The van der Waals surface area contributed by atoms with E-state index < -0.39 is 0 Å². The molecule has 0 amide bonds. The largest absolute Gasteiger partial charge is 0.377 e. The van der Waals surface area contributed by atoms with Gasteiger partial charge in [0.15, 0.2) is 0 Å². The Hall–Kier alpha value is -1.85. The minimum atomic E-state index is -0.378. The van der Waals surface area contributed by atoms with E-state index in [1.807, 2.05) is 12.1 Å². The lowest BCUT2D eigenvalue weighted by Gasteiger charge is -2.38. The third-order valence-electron chi connectivity index (χ3n) is 4.87. The third-order valence-corrected chi connectivity index (χ3v) is 5.88. The summed E-state index contributed by atoms with van der Waals surface area (Å²) in [6.45, 7) is 0. The standard InChI is InChI=1S/C18H14BrClN2O2/c19-15-6-2-5-13-11-3-1-4-12(11)17(21-18(13)15)14-9-10(22(23)24)7-8-16(14)20/h1-3,5-9,11-12,17,21H,4H2/t11-,12+,17+/m0/s1. The molecule has 1 aliphatic heterocycles. The highest BCUT2D eigenvalue weighted by molar-refractivity contribution is 9.10. The molecule has 0 aromatic heterocycles. The first kappa shape index (κ1) is 15.7. The Morgan fingerprint density at radius 1 is 1.25 bits per heavy atom. The van der Waals surface area contributed by atoms with Crippen molar-refractivity contribution in [1.82, 2.24) is 0 Å². The van der Waals surface area contributed by atoms with Crippen molar-refractivity contribution in [3.05, 3.63) is 79.3 Å². The van der Waals surface area contributed by atoms with Crippen molar-refractivity contribution in [3.63, 3.8) is 0 Å². The molecule has 24 heavy (non-hydrogen) atoms. The van der Waals surface area contributed by atoms with Gasteiger partial charge in [-0.1, -0.05) is 35.9 Å². The predicted molar refractivity (Wildman–Crippen MR) is 98.6 cm³/mol. The van der Waals surface area contributed by atoms with Crippen LogP contribution in [0, 0.1) is 16.0 Å². The molecule has 0 spiro atoms. The van der Waals surface area contributed by atoms with Gasteiger partial charge in [0.2, 0.25) is 0 Å². The summed E-state index contributed by atoms with van der Waals surface area (Å²) in [7, 11) is 0.